The molecule has 9 heavy (non-hydrogen) atoms. The molecule has 0 saturated heterocycles. The smallest absolute Gasteiger partial charge is 0.448 e. The second-order valence-corrected chi connectivity index (χ2v) is 0.964. The first-order chi connectivity index (χ1) is 4.31. The van der Waals surface area contributed by atoms with Gasteiger partial charge in [-0.1, -0.05) is 0 Å². The molecule has 0 aromatic rings. The van der Waals surface area contributed by atoms with E-state index in [2.05, 4.69) is 14.2 Å². The maximum absolute atomic E-state index is 10.1. The molecular weight excluding hydrogens is 124 g/mol. The van der Waals surface area contributed by atoms with Crippen molar-refractivity contribution in [3.05, 3.63) is 0 Å². The molecule has 0 N–H and O–H groups in total. The van der Waals surface area contributed by atoms with Crippen molar-refractivity contribution in [2.75, 3.05) is 14.2 Å². The van der Waals surface area contributed by atoms with Gasteiger partial charge in [0, 0.05) is 0 Å². The molecule has 0 spiro atoms. The molecule has 0 heterocycles. The van der Waals surface area contributed by atoms with Crippen molar-refractivity contribution in [2.24, 2.45) is 0 Å². The Balaban J connectivity index is 3.37. The number of hydrogen-bond donors (Lipinski definition) is 0. The standard InChI is InChI=1S/C5H6O4/c1-7-3-4-9-5(6)8-2/h1-2H3. The Morgan fingerprint density at radius 3 is 2.44 bits per heavy atom. The van der Waals surface area contributed by atoms with Gasteiger partial charge in [-0.25, -0.2) is 4.79 Å². The summed E-state index contributed by atoms with van der Waals surface area (Å²) in [7, 11) is 2.55. The number of carbonyl (C=O) groups is 1. The average molecular weight is 130 g/mol. The maximum atomic E-state index is 10.1. The van der Waals surface area contributed by atoms with Crippen LogP contribution in [0.4, 0.5) is 4.79 Å². The van der Waals surface area contributed by atoms with E-state index in [0.717, 1.165) is 0 Å². The van der Waals surface area contributed by atoms with Crippen molar-refractivity contribution >= 4 is 6.16 Å². The lowest BCUT2D eigenvalue weighted by Crippen LogP contribution is -1.98. The van der Waals surface area contributed by atoms with Gasteiger partial charge in [0.15, 0.2) is 12.2 Å². The minimum Gasteiger partial charge on any atom is -0.448 e. The van der Waals surface area contributed by atoms with Crippen LogP contribution >= 0.6 is 0 Å². The van der Waals surface area contributed by atoms with Crippen LogP contribution in [0.3, 0.4) is 0 Å². The van der Waals surface area contributed by atoms with Gasteiger partial charge >= 0.3 is 6.16 Å². The molecule has 0 saturated carbocycles. The van der Waals surface area contributed by atoms with E-state index in [-0.39, 0.29) is 0 Å². The molecule has 0 amide bonds. The summed E-state index contributed by atoms with van der Waals surface area (Å²) in [6.45, 7) is 0. The van der Waals surface area contributed by atoms with Gasteiger partial charge in [0.05, 0.1) is 14.2 Å². The molecular formula is C5H6O4. The molecule has 0 aromatic carbocycles. The number of rotatable bonds is 0. The van der Waals surface area contributed by atoms with E-state index in [1.54, 1.807) is 0 Å². The predicted molar refractivity (Wildman–Crippen MR) is 28.3 cm³/mol. The van der Waals surface area contributed by atoms with Gasteiger partial charge in [-0.3, -0.25) is 0 Å². The molecule has 0 rings (SSSR count). The lowest BCUT2D eigenvalue weighted by Gasteiger charge is -1.88. The molecule has 4 heteroatoms. The number of carbonyl (C=O) groups excluding carboxylic acids is 1. The third-order valence-corrected chi connectivity index (χ3v) is 0.445. The molecule has 0 aliphatic heterocycles. The van der Waals surface area contributed by atoms with Gasteiger partial charge in [-0.05, 0) is 0 Å². The predicted octanol–water partition coefficient (Wildman–Crippen LogP) is 0.334. The van der Waals surface area contributed by atoms with Crippen LogP contribution in [-0.2, 0) is 14.2 Å². The average Bonchev–Trinajstić information content (AvgIpc) is 1.89. The number of hydrogen-bond acceptors (Lipinski definition) is 4. The fourth-order valence-corrected chi connectivity index (χ4v) is 0.146. The van der Waals surface area contributed by atoms with Gasteiger partial charge < -0.3 is 14.2 Å². The summed E-state index contributed by atoms with van der Waals surface area (Å²) in [6.07, 6.45) is 3.13. The fourth-order valence-electron chi connectivity index (χ4n) is 0.146. The fraction of sp³-hybridized carbons (Fsp3) is 0.400. The zero-order chi connectivity index (χ0) is 7.11. The highest BCUT2D eigenvalue weighted by atomic mass is 16.7. The molecule has 0 aliphatic carbocycles. The second-order valence-electron chi connectivity index (χ2n) is 0.964. The minimum atomic E-state index is -0.848. The van der Waals surface area contributed by atoms with E-state index in [0.29, 0.717) is 0 Å². The third-order valence-electron chi connectivity index (χ3n) is 0.445. The zero-order valence-corrected chi connectivity index (χ0v) is 5.13. The SMILES string of the molecule is COC#COC(=O)OC. The maximum Gasteiger partial charge on any atom is 0.522 e. The molecule has 0 bridgehead atoms. The topological polar surface area (TPSA) is 44.8 Å². The third kappa shape index (κ3) is 4.48. The summed E-state index contributed by atoms with van der Waals surface area (Å²) in [5, 5.41) is 0. The van der Waals surface area contributed by atoms with Gasteiger partial charge in [-0.15, -0.1) is 0 Å². The van der Waals surface area contributed by atoms with Crippen LogP contribution in [0.1, 0.15) is 0 Å². The number of ether oxygens (including phenoxy) is 3. The molecule has 4 nitrogen and oxygen atoms in total. The van der Waals surface area contributed by atoms with Gasteiger partial charge in [0.25, 0.3) is 0 Å². The molecule has 0 radical (unpaired) electrons. The van der Waals surface area contributed by atoms with Crippen LogP contribution in [0.5, 0.6) is 0 Å². The van der Waals surface area contributed by atoms with Crippen LogP contribution in [0.25, 0.3) is 0 Å². The zero-order valence-electron chi connectivity index (χ0n) is 5.13. The Labute approximate surface area is 52.7 Å². The summed E-state index contributed by atoms with van der Waals surface area (Å²) >= 11 is 0. The Kier molecular flexibility index (Phi) is 4.05. The minimum absolute atomic E-state index is 0.848. The Morgan fingerprint density at radius 1 is 1.33 bits per heavy atom. The molecule has 0 atom stereocenters. The summed E-state index contributed by atoms with van der Waals surface area (Å²) in [5.74, 6) is 0. The summed E-state index contributed by atoms with van der Waals surface area (Å²) in [6, 6.07) is 0. The number of methoxy groups -OCH3 is 2. The normalized spacial score (nSPS) is 6.44. The van der Waals surface area contributed by atoms with Crippen LogP contribution in [0.15, 0.2) is 0 Å². The van der Waals surface area contributed by atoms with E-state index >= 15 is 0 Å². The Hall–Kier alpha value is -1.37. The van der Waals surface area contributed by atoms with E-state index in [1.807, 2.05) is 12.2 Å². The Bertz CT molecular complexity index is 141. The molecule has 0 unspecified atom stereocenters. The quantitative estimate of drug-likeness (QED) is 0.350. The van der Waals surface area contributed by atoms with Crippen molar-refractivity contribution in [3.63, 3.8) is 0 Å². The molecule has 0 aromatic heterocycles. The highest BCUT2D eigenvalue weighted by Gasteiger charge is 1.93. The first kappa shape index (κ1) is 7.63. The summed E-state index contributed by atoms with van der Waals surface area (Å²) < 4.78 is 12.4. The van der Waals surface area contributed by atoms with Crippen molar-refractivity contribution in [1.29, 1.82) is 0 Å². The van der Waals surface area contributed by atoms with Crippen LogP contribution in [0, 0.1) is 12.2 Å². The Morgan fingerprint density at radius 2 is 2.00 bits per heavy atom. The van der Waals surface area contributed by atoms with Gasteiger partial charge in [-0.2, -0.15) is 0 Å². The first-order valence-corrected chi connectivity index (χ1v) is 2.09. The lowest BCUT2D eigenvalue weighted by atomic mass is 11.1. The second kappa shape index (κ2) is 4.78. The van der Waals surface area contributed by atoms with Crippen molar-refractivity contribution in [3.8, 4) is 12.2 Å². The molecule has 0 aliphatic rings. The van der Waals surface area contributed by atoms with Crippen molar-refractivity contribution in [1.82, 2.24) is 0 Å². The van der Waals surface area contributed by atoms with Crippen molar-refractivity contribution in [2.45, 2.75) is 0 Å². The largest absolute Gasteiger partial charge is 0.522 e. The highest BCUT2D eigenvalue weighted by Crippen LogP contribution is 1.76. The monoisotopic (exact) mass is 130 g/mol. The summed E-state index contributed by atoms with van der Waals surface area (Å²) in [4.78, 5) is 10.1. The summed E-state index contributed by atoms with van der Waals surface area (Å²) in [5.41, 5.74) is 0. The van der Waals surface area contributed by atoms with E-state index in [4.69, 9.17) is 0 Å². The van der Waals surface area contributed by atoms with Gasteiger partial charge in [0.2, 0.25) is 0 Å². The molecule has 50 valence electrons. The lowest BCUT2D eigenvalue weighted by molar-refractivity contribution is 0.111. The highest BCUT2D eigenvalue weighted by molar-refractivity contribution is 5.60. The van der Waals surface area contributed by atoms with E-state index in [1.165, 1.54) is 14.2 Å². The van der Waals surface area contributed by atoms with Gasteiger partial charge in [0.1, 0.15) is 0 Å². The molecule has 0 fully saturated rings. The van der Waals surface area contributed by atoms with Crippen molar-refractivity contribution < 1.29 is 19.0 Å². The first-order valence-electron chi connectivity index (χ1n) is 2.09. The van der Waals surface area contributed by atoms with Crippen LogP contribution < -0.4 is 0 Å². The van der Waals surface area contributed by atoms with Crippen LogP contribution in [0.2, 0.25) is 0 Å². The van der Waals surface area contributed by atoms with Crippen LogP contribution in [-0.4, -0.2) is 20.4 Å². The van der Waals surface area contributed by atoms with E-state index in [9.17, 15) is 4.79 Å². The van der Waals surface area contributed by atoms with E-state index < -0.39 is 6.16 Å².